The first kappa shape index (κ1) is 14.9. The van der Waals surface area contributed by atoms with E-state index in [-0.39, 0.29) is 18.7 Å². The number of carbonyl (C=O) groups excluding carboxylic acids is 1. The Morgan fingerprint density at radius 1 is 1.22 bits per heavy atom. The number of halogens is 2. The average molecular weight is 318 g/mol. The molecule has 0 radical (unpaired) electrons. The summed E-state index contributed by atoms with van der Waals surface area (Å²) in [6.07, 6.45) is 1.54. The maximum Gasteiger partial charge on any atom is 0.350 e. The van der Waals surface area contributed by atoms with Crippen LogP contribution in [0.25, 0.3) is 5.65 Å². The highest BCUT2D eigenvalue weighted by Crippen LogP contribution is 2.09. The van der Waals surface area contributed by atoms with E-state index in [0.29, 0.717) is 5.65 Å². The fraction of sp³-hybridized carbons (Fsp3) is 0.133. The van der Waals surface area contributed by atoms with Crippen LogP contribution in [0, 0.1) is 11.6 Å². The van der Waals surface area contributed by atoms with E-state index in [1.54, 1.807) is 24.4 Å². The van der Waals surface area contributed by atoms with Gasteiger partial charge in [-0.3, -0.25) is 9.20 Å². The van der Waals surface area contributed by atoms with Crippen LogP contribution in [0.3, 0.4) is 0 Å². The van der Waals surface area contributed by atoms with Gasteiger partial charge in [-0.05, 0) is 30.3 Å². The number of hydrogen-bond acceptors (Lipinski definition) is 3. The number of aromatic nitrogens is 3. The molecule has 1 aromatic carbocycles. The molecule has 118 valence electrons. The van der Waals surface area contributed by atoms with Gasteiger partial charge in [-0.25, -0.2) is 18.3 Å². The van der Waals surface area contributed by atoms with Crippen LogP contribution >= 0.6 is 0 Å². The molecule has 1 N–H and O–H groups in total. The number of carbonyl (C=O) groups is 1. The van der Waals surface area contributed by atoms with E-state index in [0.717, 1.165) is 22.9 Å². The fourth-order valence-corrected chi connectivity index (χ4v) is 2.14. The van der Waals surface area contributed by atoms with Crippen molar-refractivity contribution >= 4 is 11.6 Å². The number of pyridine rings is 1. The number of nitrogens with zero attached hydrogens (tertiary/aromatic N) is 3. The number of hydrogen-bond donors (Lipinski definition) is 1. The summed E-state index contributed by atoms with van der Waals surface area (Å²) < 4.78 is 28.8. The first-order valence-electron chi connectivity index (χ1n) is 6.79. The van der Waals surface area contributed by atoms with Crippen molar-refractivity contribution in [1.82, 2.24) is 19.5 Å². The van der Waals surface area contributed by atoms with Gasteiger partial charge in [-0.1, -0.05) is 6.07 Å². The Bertz CT molecular complexity index is 933. The maximum absolute atomic E-state index is 13.5. The molecule has 2 heterocycles. The average Bonchev–Trinajstić information content (AvgIpc) is 2.85. The molecule has 3 rings (SSSR count). The fourth-order valence-electron chi connectivity index (χ4n) is 2.14. The largest absolute Gasteiger partial charge is 0.350 e. The Morgan fingerprint density at radius 2 is 2.04 bits per heavy atom. The number of rotatable bonds is 4. The Labute approximate surface area is 129 Å². The highest BCUT2D eigenvalue weighted by Gasteiger charge is 2.11. The first-order valence-corrected chi connectivity index (χ1v) is 6.79. The van der Waals surface area contributed by atoms with Gasteiger partial charge in [0.1, 0.15) is 18.2 Å². The van der Waals surface area contributed by atoms with Crippen molar-refractivity contribution in [2.24, 2.45) is 0 Å². The second-order valence-corrected chi connectivity index (χ2v) is 4.88. The zero-order chi connectivity index (χ0) is 16.4. The summed E-state index contributed by atoms with van der Waals surface area (Å²) >= 11 is 0. The van der Waals surface area contributed by atoms with E-state index >= 15 is 0 Å². The number of benzene rings is 1. The molecule has 0 saturated heterocycles. The molecule has 0 fully saturated rings. The lowest BCUT2D eigenvalue weighted by Crippen LogP contribution is -2.32. The second kappa shape index (κ2) is 5.99. The van der Waals surface area contributed by atoms with E-state index in [4.69, 9.17) is 0 Å². The van der Waals surface area contributed by atoms with Crippen LogP contribution in [-0.2, 0) is 17.9 Å². The quantitative estimate of drug-likeness (QED) is 0.783. The number of nitrogens with one attached hydrogen (secondary N) is 1. The van der Waals surface area contributed by atoms with Crippen LogP contribution in [0.4, 0.5) is 8.78 Å². The van der Waals surface area contributed by atoms with Gasteiger partial charge >= 0.3 is 5.69 Å². The van der Waals surface area contributed by atoms with E-state index < -0.39 is 23.2 Å². The van der Waals surface area contributed by atoms with Gasteiger partial charge in [-0.15, -0.1) is 5.10 Å². The van der Waals surface area contributed by atoms with Gasteiger partial charge in [0.2, 0.25) is 5.91 Å². The van der Waals surface area contributed by atoms with Crippen LogP contribution < -0.4 is 11.0 Å². The highest BCUT2D eigenvalue weighted by atomic mass is 19.1. The highest BCUT2D eigenvalue weighted by molar-refractivity contribution is 5.75. The molecule has 0 aliphatic heterocycles. The summed E-state index contributed by atoms with van der Waals surface area (Å²) in [6, 6.07) is 8.02. The van der Waals surface area contributed by atoms with Crippen molar-refractivity contribution < 1.29 is 13.6 Å². The van der Waals surface area contributed by atoms with Crippen LogP contribution in [0.1, 0.15) is 5.56 Å². The third kappa shape index (κ3) is 3.10. The molecule has 3 aromatic rings. The monoisotopic (exact) mass is 318 g/mol. The summed E-state index contributed by atoms with van der Waals surface area (Å²) in [7, 11) is 0. The van der Waals surface area contributed by atoms with E-state index in [9.17, 15) is 18.4 Å². The van der Waals surface area contributed by atoms with Gasteiger partial charge in [-0.2, -0.15) is 0 Å². The Morgan fingerprint density at radius 3 is 2.83 bits per heavy atom. The van der Waals surface area contributed by atoms with Gasteiger partial charge in [0.25, 0.3) is 0 Å². The lowest BCUT2D eigenvalue weighted by molar-refractivity contribution is -0.122. The summed E-state index contributed by atoms with van der Waals surface area (Å²) in [4.78, 5) is 23.9. The lowest BCUT2D eigenvalue weighted by Gasteiger charge is -2.06. The zero-order valence-corrected chi connectivity index (χ0v) is 11.9. The Hall–Kier alpha value is -3.03. The molecular formula is C15H12F2N4O2. The summed E-state index contributed by atoms with van der Waals surface area (Å²) in [5.74, 6) is -1.73. The normalized spacial score (nSPS) is 10.9. The van der Waals surface area contributed by atoms with E-state index in [2.05, 4.69) is 10.4 Å². The molecular weight excluding hydrogens is 306 g/mol. The SMILES string of the molecule is O=C(Cn1nc2ccccn2c1=O)NCc1cc(F)ccc1F. The first-order chi connectivity index (χ1) is 11.0. The molecule has 0 atom stereocenters. The van der Waals surface area contributed by atoms with Gasteiger partial charge in [0, 0.05) is 18.3 Å². The van der Waals surface area contributed by atoms with Crippen LogP contribution in [0.5, 0.6) is 0 Å². The van der Waals surface area contributed by atoms with Crippen LogP contribution in [-0.4, -0.2) is 20.1 Å². The second-order valence-electron chi connectivity index (χ2n) is 4.88. The molecule has 6 nitrogen and oxygen atoms in total. The van der Waals surface area contributed by atoms with Gasteiger partial charge in [0.05, 0.1) is 0 Å². The minimum absolute atomic E-state index is 0.0284. The maximum atomic E-state index is 13.5. The van der Waals surface area contributed by atoms with Gasteiger partial charge < -0.3 is 5.32 Å². The lowest BCUT2D eigenvalue weighted by atomic mass is 10.2. The van der Waals surface area contributed by atoms with Crippen LogP contribution in [0.2, 0.25) is 0 Å². The molecule has 0 aliphatic carbocycles. The van der Waals surface area contributed by atoms with E-state index in [1.165, 1.54) is 4.40 Å². The summed E-state index contributed by atoms with van der Waals surface area (Å²) in [5, 5.41) is 6.44. The Balaban J connectivity index is 1.70. The minimum atomic E-state index is -0.614. The standard InChI is InChI=1S/C15H12F2N4O2/c16-11-4-5-12(17)10(7-11)8-18-14(22)9-21-15(23)20-6-2-1-3-13(20)19-21/h1-7H,8-9H2,(H,18,22). The zero-order valence-electron chi connectivity index (χ0n) is 11.9. The van der Waals surface area contributed by atoms with Gasteiger partial charge in [0.15, 0.2) is 5.65 Å². The third-order valence-electron chi connectivity index (χ3n) is 3.27. The predicted octanol–water partition coefficient (Wildman–Crippen LogP) is 1.09. The summed E-state index contributed by atoms with van der Waals surface area (Å²) in [5.41, 5.74) is -0.00476. The molecule has 0 spiro atoms. The number of fused-ring (bicyclic) bond motifs is 1. The molecule has 0 bridgehead atoms. The van der Waals surface area contributed by atoms with E-state index in [1.807, 2.05) is 0 Å². The molecule has 0 unspecified atom stereocenters. The molecule has 1 amide bonds. The molecule has 0 saturated carbocycles. The Kier molecular flexibility index (Phi) is 3.88. The smallest absolute Gasteiger partial charge is 0.350 e. The summed E-state index contributed by atoms with van der Waals surface area (Å²) in [6.45, 7) is -0.484. The van der Waals surface area contributed by atoms with Crippen molar-refractivity contribution in [1.29, 1.82) is 0 Å². The molecule has 2 aromatic heterocycles. The van der Waals surface area contributed by atoms with Crippen LogP contribution in [0.15, 0.2) is 47.4 Å². The minimum Gasteiger partial charge on any atom is -0.350 e. The van der Waals surface area contributed by atoms with Crippen molar-refractivity contribution in [2.75, 3.05) is 0 Å². The van der Waals surface area contributed by atoms with Crippen molar-refractivity contribution in [2.45, 2.75) is 13.1 Å². The molecule has 8 heteroatoms. The molecule has 0 aliphatic rings. The third-order valence-corrected chi connectivity index (χ3v) is 3.27. The predicted molar refractivity (Wildman–Crippen MR) is 77.7 cm³/mol. The van der Waals surface area contributed by atoms with Crippen molar-refractivity contribution in [3.05, 3.63) is 70.3 Å². The molecule has 23 heavy (non-hydrogen) atoms. The number of amides is 1. The van der Waals surface area contributed by atoms with Crippen molar-refractivity contribution in [3.63, 3.8) is 0 Å². The van der Waals surface area contributed by atoms with Crippen molar-refractivity contribution in [3.8, 4) is 0 Å². The topological polar surface area (TPSA) is 68.4 Å².